The van der Waals surface area contributed by atoms with E-state index in [-0.39, 0.29) is 29.0 Å². The fourth-order valence-corrected chi connectivity index (χ4v) is 5.82. The number of hydrogen-bond acceptors (Lipinski definition) is 4. The molecule has 2 amide bonds. The third-order valence-corrected chi connectivity index (χ3v) is 7.92. The zero-order chi connectivity index (χ0) is 23.0. The number of aromatic hydroxyl groups is 1. The van der Waals surface area contributed by atoms with E-state index in [1.807, 2.05) is 42.2 Å². The van der Waals surface area contributed by atoms with Gasteiger partial charge in [-0.2, -0.15) is 0 Å². The summed E-state index contributed by atoms with van der Waals surface area (Å²) >= 11 is 0. The molecule has 1 aliphatic carbocycles. The summed E-state index contributed by atoms with van der Waals surface area (Å²) in [5, 5.41) is 13.1. The molecule has 0 aromatic heterocycles. The second-order valence-corrected chi connectivity index (χ2v) is 10.2. The largest absolute Gasteiger partial charge is 0.508 e. The maximum Gasteiger partial charge on any atom is 0.254 e. The maximum atomic E-state index is 12.8. The smallest absolute Gasteiger partial charge is 0.254 e. The number of phenols is 1. The number of nitrogens with one attached hydrogen (secondary N) is 1. The highest BCUT2D eigenvalue weighted by Crippen LogP contribution is 2.45. The number of nitrogens with zero attached hydrogens (tertiary/aromatic N) is 2. The second kappa shape index (κ2) is 8.82. The molecule has 2 aliphatic heterocycles. The Balaban J connectivity index is 1.08. The first-order chi connectivity index (χ1) is 15.9. The quantitative estimate of drug-likeness (QED) is 0.751. The second-order valence-electron chi connectivity index (χ2n) is 10.2. The molecule has 174 valence electrons. The van der Waals surface area contributed by atoms with Crippen LogP contribution in [0.1, 0.15) is 58.4 Å². The SMILES string of the molecule is Cc1ccc(C(=O)N2CC3(CCC(N4CC[C@H](NC(=O)c5ccccc5)C4)CC3)C2)cc1O. The molecule has 3 aliphatic rings. The van der Waals surface area contributed by atoms with Gasteiger partial charge in [0.15, 0.2) is 0 Å². The molecule has 2 N–H and O–H groups in total. The molecule has 2 heterocycles. The number of aryl methyl sites for hydroxylation is 1. The van der Waals surface area contributed by atoms with Crippen LogP contribution in [0.25, 0.3) is 0 Å². The van der Waals surface area contributed by atoms with Crippen LogP contribution < -0.4 is 5.32 Å². The van der Waals surface area contributed by atoms with Gasteiger partial charge in [-0.25, -0.2) is 0 Å². The van der Waals surface area contributed by atoms with Gasteiger partial charge in [0.05, 0.1) is 0 Å². The molecule has 5 rings (SSSR count). The highest BCUT2D eigenvalue weighted by atomic mass is 16.3. The van der Waals surface area contributed by atoms with E-state index in [0.717, 1.165) is 69.4 Å². The predicted molar refractivity (Wildman–Crippen MR) is 127 cm³/mol. The zero-order valence-corrected chi connectivity index (χ0v) is 19.3. The van der Waals surface area contributed by atoms with Crippen LogP contribution in [0.4, 0.5) is 0 Å². The van der Waals surface area contributed by atoms with Crippen LogP contribution in [-0.4, -0.2) is 65.0 Å². The molecule has 1 atom stereocenters. The van der Waals surface area contributed by atoms with Gasteiger partial charge in [-0.15, -0.1) is 0 Å². The summed E-state index contributed by atoms with van der Waals surface area (Å²) in [6.45, 7) is 5.45. The molecular formula is C27H33N3O3. The average Bonchev–Trinajstić information content (AvgIpc) is 3.28. The third-order valence-electron chi connectivity index (χ3n) is 7.92. The van der Waals surface area contributed by atoms with Crippen molar-refractivity contribution in [3.8, 4) is 5.75 Å². The molecule has 1 spiro atoms. The Morgan fingerprint density at radius 3 is 2.42 bits per heavy atom. The Morgan fingerprint density at radius 2 is 1.73 bits per heavy atom. The van der Waals surface area contributed by atoms with Crippen LogP contribution in [0.5, 0.6) is 5.75 Å². The standard InChI is InChI=1S/C27H33N3O3/c1-19-7-8-21(15-24(19)31)26(33)30-17-27(18-30)12-9-23(10-13-27)29-14-11-22(16-29)28-25(32)20-5-3-2-4-6-20/h2-8,15,22-23,31H,9-14,16-18H2,1H3,(H,28,32)/t22-/m0/s1. The molecule has 0 radical (unpaired) electrons. The van der Waals surface area contributed by atoms with E-state index in [2.05, 4.69) is 10.2 Å². The van der Waals surface area contributed by atoms with Crippen molar-refractivity contribution in [3.63, 3.8) is 0 Å². The summed E-state index contributed by atoms with van der Waals surface area (Å²) in [6.07, 6.45) is 5.63. The van der Waals surface area contributed by atoms with Crippen LogP contribution >= 0.6 is 0 Å². The number of phenolic OH excluding ortho intramolecular Hbond substituents is 1. The average molecular weight is 448 g/mol. The van der Waals surface area contributed by atoms with Gasteiger partial charge in [0.25, 0.3) is 11.8 Å². The Kier molecular flexibility index (Phi) is 5.87. The van der Waals surface area contributed by atoms with E-state index in [1.165, 1.54) is 0 Å². The molecule has 2 saturated heterocycles. The van der Waals surface area contributed by atoms with Gasteiger partial charge in [-0.05, 0) is 68.9 Å². The van der Waals surface area contributed by atoms with E-state index in [0.29, 0.717) is 11.6 Å². The van der Waals surface area contributed by atoms with Crippen LogP contribution in [0.3, 0.4) is 0 Å². The lowest BCUT2D eigenvalue weighted by atomic mass is 9.67. The topological polar surface area (TPSA) is 72.9 Å². The van der Waals surface area contributed by atoms with Gasteiger partial charge in [-0.3, -0.25) is 14.5 Å². The highest BCUT2D eigenvalue weighted by Gasteiger charge is 2.48. The van der Waals surface area contributed by atoms with Crippen LogP contribution in [-0.2, 0) is 0 Å². The predicted octanol–water partition coefficient (Wildman–Crippen LogP) is 3.59. The van der Waals surface area contributed by atoms with Crippen LogP contribution in [0.2, 0.25) is 0 Å². The maximum absolute atomic E-state index is 12.8. The van der Waals surface area contributed by atoms with Crippen molar-refractivity contribution >= 4 is 11.8 Å². The van der Waals surface area contributed by atoms with Gasteiger partial charge in [-0.1, -0.05) is 24.3 Å². The summed E-state index contributed by atoms with van der Waals surface area (Å²) in [5.41, 5.74) is 2.34. The number of amides is 2. The van der Waals surface area contributed by atoms with Gasteiger partial charge in [0.1, 0.15) is 5.75 Å². The van der Waals surface area contributed by atoms with Crippen LogP contribution in [0, 0.1) is 12.3 Å². The Morgan fingerprint density at radius 1 is 1.00 bits per heavy atom. The van der Waals surface area contributed by atoms with Crippen molar-refractivity contribution in [2.45, 2.75) is 51.1 Å². The van der Waals surface area contributed by atoms with Crippen molar-refractivity contribution in [1.29, 1.82) is 0 Å². The van der Waals surface area contributed by atoms with E-state index >= 15 is 0 Å². The fraction of sp³-hybridized carbons (Fsp3) is 0.481. The lowest BCUT2D eigenvalue weighted by Gasteiger charge is -2.54. The first-order valence-corrected chi connectivity index (χ1v) is 12.1. The molecule has 2 aromatic carbocycles. The minimum atomic E-state index is 0.0196. The van der Waals surface area contributed by atoms with E-state index in [4.69, 9.17) is 0 Å². The van der Waals surface area contributed by atoms with Crippen LogP contribution in [0.15, 0.2) is 48.5 Å². The van der Waals surface area contributed by atoms with Gasteiger partial charge >= 0.3 is 0 Å². The molecule has 0 unspecified atom stereocenters. The molecule has 6 heteroatoms. The van der Waals surface area contributed by atoms with Crippen molar-refractivity contribution in [3.05, 3.63) is 65.2 Å². The molecule has 1 saturated carbocycles. The summed E-state index contributed by atoms with van der Waals surface area (Å²) < 4.78 is 0. The van der Waals surface area contributed by atoms with E-state index in [9.17, 15) is 14.7 Å². The Labute approximate surface area is 195 Å². The molecule has 0 bridgehead atoms. The minimum Gasteiger partial charge on any atom is -0.508 e. The molecule has 3 fully saturated rings. The first-order valence-electron chi connectivity index (χ1n) is 12.1. The lowest BCUT2D eigenvalue weighted by Crippen LogP contribution is -2.60. The number of hydrogen-bond donors (Lipinski definition) is 2. The Hall–Kier alpha value is -2.86. The number of rotatable bonds is 4. The highest BCUT2D eigenvalue weighted by molar-refractivity contribution is 5.95. The van der Waals surface area contributed by atoms with Crippen molar-refractivity contribution in [1.82, 2.24) is 15.1 Å². The molecule has 2 aromatic rings. The van der Waals surface area contributed by atoms with E-state index < -0.39 is 0 Å². The fourth-order valence-electron chi connectivity index (χ4n) is 5.82. The van der Waals surface area contributed by atoms with E-state index in [1.54, 1.807) is 18.2 Å². The summed E-state index contributed by atoms with van der Waals surface area (Å²) in [4.78, 5) is 29.7. The Bertz CT molecular complexity index is 1020. The lowest BCUT2D eigenvalue weighted by molar-refractivity contribution is -0.0296. The first kappa shape index (κ1) is 22.0. The minimum absolute atomic E-state index is 0.0196. The third kappa shape index (κ3) is 4.49. The number of carbonyl (C=O) groups excluding carboxylic acids is 2. The summed E-state index contributed by atoms with van der Waals surface area (Å²) in [5.74, 6) is 0.223. The van der Waals surface area contributed by atoms with Crippen molar-refractivity contribution < 1.29 is 14.7 Å². The summed E-state index contributed by atoms with van der Waals surface area (Å²) in [7, 11) is 0. The number of likely N-dealkylation sites (tertiary alicyclic amines) is 2. The zero-order valence-electron chi connectivity index (χ0n) is 19.3. The van der Waals surface area contributed by atoms with Crippen molar-refractivity contribution in [2.24, 2.45) is 5.41 Å². The molecule has 33 heavy (non-hydrogen) atoms. The van der Waals surface area contributed by atoms with Crippen molar-refractivity contribution in [2.75, 3.05) is 26.2 Å². The summed E-state index contributed by atoms with van der Waals surface area (Å²) in [6, 6.07) is 15.4. The van der Waals surface area contributed by atoms with Gasteiger partial charge < -0.3 is 15.3 Å². The normalized spacial score (nSPS) is 22.8. The number of benzene rings is 2. The monoisotopic (exact) mass is 447 g/mol. The van der Waals surface area contributed by atoms with Gasteiger partial charge in [0, 0.05) is 54.8 Å². The van der Waals surface area contributed by atoms with Gasteiger partial charge in [0.2, 0.25) is 0 Å². The molecule has 6 nitrogen and oxygen atoms in total. The number of carbonyl (C=O) groups is 2. The molecular weight excluding hydrogens is 414 g/mol.